The summed E-state index contributed by atoms with van der Waals surface area (Å²) in [5.74, 6) is -0.189. The maximum absolute atomic E-state index is 12.4. The molecule has 0 bridgehead atoms. The van der Waals surface area contributed by atoms with E-state index in [1.165, 1.54) is 4.90 Å². The van der Waals surface area contributed by atoms with Gasteiger partial charge in [-0.05, 0) is 37.1 Å². The highest BCUT2D eigenvalue weighted by atomic mass is 79.9. The molecule has 0 unspecified atom stereocenters. The Hall–Kier alpha value is -1.89. The Bertz CT molecular complexity index is 593. The second kappa shape index (κ2) is 6.08. The number of rotatable bonds is 2. The van der Waals surface area contributed by atoms with E-state index in [4.69, 9.17) is 0 Å². The Balaban J connectivity index is 1.62. The van der Waals surface area contributed by atoms with Crippen molar-refractivity contribution in [2.75, 3.05) is 19.6 Å². The van der Waals surface area contributed by atoms with Crippen molar-refractivity contribution in [1.29, 1.82) is 0 Å². The minimum absolute atomic E-state index is 0.0110. The summed E-state index contributed by atoms with van der Waals surface area (Å²) in [6.07, 6.45) is 1.25. The molecule has 6 nitrogen and oxygen atoms in total. The summed E-state index contributed by atoms with van der Waals surface area (Å²) in [6, 6.07) is 6.83. The van der Waals surface area contributed by atoms with Crippen LogP contribution in [0.2, 0.25) is 0 Å². The monoisotopic (exact) mass is 365 g/mol. The minimum atomic E-state index is -0.317. The number of amides is 4. The molecule has 0 spiro atoms. The molecule has 1 N–H and O–H groups in total. The van der Waals surface area contributed by atoms with Gasteiger partial charge in [0.1, 0.15) is 0 Å². The zero-order valence-electron chi connectivity index (χ0n) is 11.9. The van der Waals surface area contributed by atoms with Crippen molar-refractivity contribution in [2.24, 2.45) is 0 Å². The van der Waals surface area contributed by atoms with E-state index in [-0.39, 0.29) is 30.4 Å². The number of carbonyl (C=O) groups is 3. The molecule has 0 aromatic heterocycles. The van der Waals surface area contributed by atoms with Crippen LogP contribution in [-0.4, -0.2) is 53.3 Å². The normalized spacial score (nSPS) is 19.5. The van der Waals surface area contributed by atoms with Crippen molar-refractivity contribution in [3.8, 4) is 0 Å². The largest absolute Gasteiger partial charge is 0.338 e. The molecule has 2 aliphatic heterocycles. The highest BCUT2D eigenvalue weighted by Gasteiger charge is 2.37. The number of carbonyl (C=O) groups excluding carboxylic acids is 3. The van der Waals surface area contributed by atoms with Crippen molar-refractivity contribution in [3.63, 3.8) is 0 Å². The molecule has 0 radical (unpaired) electrons. The SMILES string of the molecule is O=C(c1ccc(Br)cc1)N1CCC(N2C(=O)CNC2=O)CC1. The summed E-state index contributed by atoms with van der Waals surface area (Å²) in [4.78, 5) is 38.9. The number of nitrogens with zero attached hydrogens (tertiary/aromatic N) is 2. The fraction of sp³-hybridized carbons (Fsp3) is 0.400. The summed E-state index contributed by atoms with van der Waals surface area (Å²) < 4.78 is 0.932. The molecular weight excluding hydrogens is 350 g/mol. The summed E-state index contributed by atoms with van der Waals surface area (Å²) in [7, 11) is 0. The highest BCUT2D eigenvalue weighted by molar-refractivity contribution is 9.10. The van der Waals surface area contributed by atoms with E-state index in [0.29, 0.717) is 31.5 Å². The topological polar surface area (TPSA) is 69.7 Å². The minimum Gasteiger partial charge on any atom is -0.338 e. The van der Waals surface area contributed by atoms with Gasteiger partial charge in [0.05, 0.1) is 6.54 Å². The Morgan fingerprint density at radius 1 is 1.14 bits per heavy atom. The van der Waals surface area contributed by atoms with E-state index in [2.05, 4.69) is 21.2 Å². The first-order chi connectivity index (χ1) is 10.6. The maximum Gasteiger partial charge on any atom is 0.324 e. The quantitative estimate of drug-likeness (QED) is 0.809. The molecule has 2 saturated heterocycles. The third kappa shape index (κ3) is 2.85. The van der Waals surface area contributed by atoms with Gasteiger partial charge in [0.25, 0.3) is 5.91 Å². The van der Waals surface area contributed by atoms with E-state index < -0.39 is 0 Å². The molecule has 0 aliphatic carbocycles. The van der Waals surface area contributed by atoms with Gasteiger partial charge in [-0.3, -0.25) is 14.5 Å². The smallest absolute Gasteiger partial charge is 0.324 e. The number of urea groups is 1. The number of benzene rings is 1. The van der Waals surface area contributed by atoms with E-state index in [0.717, 1.165) is 4.47 Å². The van der Waals surface area contributed by atoms with Crippen LogP contribution >= 0.6 is 15.9 Å². The molecular formula is C15H16BrN3O3. The number of nitrogens with one attached hydrogen (secondary N) is 1. The van der Waals surface area contributed by atoms with Crippen LogP contribution in [0.25, 0.3) is 0 Å². The number of hydrogen-bond donors (Lipinski definition) is 1. The summed E-state index contributed by atoms with van der Waals surface area (Å²) in [5.41, 5.74) is 0.650. The van der Waals surface area contributed by atoms with Gasteiger partial charge in [0.15, 0.2) is 0 Å². The first-order valence-corrected chi connectivity index (χ1v) is 8.00. The van der Waals surface area contributed by atoms with E-state index in [9.17, 15) is 14.4 Å². The molecule has 2 aliphatic rings. The average Bonchev–Trinajstić information content (AvgIpc) is 2.86. The number of piperidine rings is 1. The van der Waals surface area contributed by atoms with Gasteiger partial charge in [-0.25, -0.2) is 4.79 Å². The van der Waals surface area contributed by atoms with Gasteiger partial charge in [0, 0.05) is 29.2 Å². The molecule has 22 heavy (non-hydrogen) atoms. The lowest BCUT2D eigenvalue weighted by atomic mass is 10.0. The summed E-state index contributed by atoms with van der Waals surface area (Å²) >= 11 is 3.35. The number of halogens is 1. The zero-order valence-corrected chi connectivity index (χ0v) is 13.5. The first kappa shape index (κ1) is 15.0. The van der Waals surface area contributed by atoms with E-state index in [1.54, 1.807) is 17.0 Å². The molecule has 1 aromatic rings. The second-order valence-corrected chi connectivity index (χ2v) is 6.37. The molecule has 3 rings (SSSR count). The standard InChI is InChI=1S/C15H16BrN3O3/c16-11-3-1-10(2-4-11)14(21)18-7-5-12(6-8-18)19-13(20)9-17-15(19)22/h1-4,12H,5-9H2,(H,17,22). The molecule has 7 heteroatoms. The third-order valence-corrected chi connectivity index (χ3v) is 4.62. The van der Waals surface area contributed by atoms with Crippen LogP contribution in [0.5, 0.6) is 0 Å². The molecule has 0 saturated carbocycles. The van der Waals surface area contributed by atoms with Crippen LogP contribution < -0.4 is 5.32 Å². The van der Waals surface area contributed by atoms with Gasteiger partial charge in [-0.2, -0.15) is 0 Å². The lowest BCUT2D eigenvalue weighted by Crippen LogP contribution is -2.49. The summed E-state index contributed by atoms with van der Waals surface area (Å²) in [5, 5.41) is 2.53. The molecule has 116 valence electrons. The molecule has 1 aromatic carbocycles. The van der Waals surface area contributed by atoms with Crippen LogP contribution in [0.15, 0.2) is 28.7 Å². The molecule has 0 atom stereocenters. The Morgan fingerprint density at radius 2 is 1.77 bits per heavy atom. The van der Waals surface area contributed by atoms with Crippen molar-refractivity contribution < 1.29 is 14.4 Å². The third-order valence-electron chi connectivity index (χ3n) is 4.09. The van der Waals surface area contributed by atoms with Gasteiger partial charge in [-0.1, -0.05) is 15.9 Å². The van der Waals surface area contributed by atoms with Gasteiger partial charge in [0.2, 0.25) is 5.91 Å². The van der Waals surface area contributed by atoms with Crippen LogP contribution in [0.3, 0.4) is 0 Å². The Morgan fingerprint density at radius 3 is 2.32 bits per heavy atom. The zero-order chi connectivity index (χ0) is 15.7. The average molecular weight is 366 g/mol. The second-order valence-electron chi connectivity index (χ2n) is 5.45. The van der Waals surface area contributed by atoms with Crippen LogP contribution in [0.4, 0.5) is 4.79 Å². The first-order valence-electron chi connectivity index (χ1n) is 7.21. The van der Waals surface area contributed by atoms with E-state index >= 15 is 0 Å². The van der Waals surface area contributed by atoms with E-state index in [1.807, 2.05) is 12.1 Å². The molecule has 4 amide bonds. The van der Waals surface area contributed by atoms with Crippen LogP contribution in [0, 0.1) is 0 Å². The van der Waals surface area contributed by atoms with Crippen molar-refractivity contribution in [2.45, 2.75) is 18.9 Å². The lowest BCUT2D eigenvalue weighted by molar-refractivity contribution is -0.127. The molecule has 2 heterocycles. The lowest BCUT2D eigenvalue weighted by Gasteiger charge is -2.35. The molecule has 2 fully saturated rings. The number of imide groups is 1. The fourth-order valence-electron chi connectivity index (χ4n) is 2.91. The van der Waals surface area contributed by atoms with Gasteiger partial charge < -0.3 is 10.2 Å². The number of hydrogen-bond acceptors (Lipinski definition) is 3. The fourth-order valence-corrected chi connectivity index (χ4v) is 3.17. The predicted octanol–water partition coefficient (Wildman–Crippen LogP) is 1.61. The summed E-state index contributed by atoms with van der Waals surface area (Å²) in [6.45, 7) is 1.18. The van der Waals surface area contributed by atoms with Crippen molar-refractivity contribution in [3.05, 3.63) is 34.3 Å². The predicted molar refractivity (Wildman–Crippen MR) is 83.3 cm³/mol. The van der Waals surface area contributed by atoms with Crippen molar-refractivity contribution in [1.82, 2.24) is 15.1 Å². The Kier molecular flexibility index (Phi) is 4.15. The number of likely N-dealkylation sites (tertiary alicyclic amines) is 1. The van der Waals surface area contributed by atoms with Crippen LogP contribution in [0.1, 0.15) is 23.2 Å². The van der Waals surface area contributed by atoms with Gasteiger partial charge in [-0.15, -0.1) is 0 Å². The van der Waals surface area contributed by atoms with Gasteiger partial charge >= 0.3 is 6.03 Å². The van der Waals surface area contributed by atoms with Crippen LogP contribution in [-0.2, 0) is 4.79 Å². The maximum atomic E-state index is 12.4. The Labute approximate surface area is 136 Å². The highest BCUT2D eigenvalue weighted by Crippen LogP contribution is 2.21. The van der Waals surface area contributed by atoms with Crippen molar-refractivity contribution >= 4 is 33.8 Å².